The minimum absolute atomic E-state index is 0.334. The lowest BCUT2D eigenvalue weighted by atomic mass is 10.00. The lowest BCUT2D eigenvalue weighted by Crippen LogP contribution is -2.34. The molecule has 1 aromatic carbocycles. The SMILES string of the molecule is CCC(NC1CCCC1C)c1ccc(Cl)cc1Cl. The van der Waals surface area contributed by atoms with Crippen molar-refractivity contribution in [3.8, 4) is 0 Å². The van der Waals surface area contributed by atoms with Crippen molar-refractivity contribution in [2.75, 3.05) is 0 Å². The van der Waals surface area contributed by atoms with Gasteiger partial charge in [-0.1, -0.05) is 49.5 Å². The Morgan fingerprint density at radius 3 is 2.67 bits per heavy atom. The summed E-state index contributed by atoms with van der Waals surface area (Å²) in [6, 6.07) is 6.76. The Balaban J connectivity index is 2.12. The monoisotopic (exact) mass is 285 g/mol. The summed E-state index contributed by atoms with van der Waals surface area (Å²) in [5.41, 5.74) is 1.17. The lowest BCUT2D eigenvalue weighted by molar-refractivity contribution is 0.370. The van der Waals surface area contributed by atoms with Crippen LogP contribution in [-0.2, 0) is 0 Å². The van der Waals surface area contributed by atoms with E-state index in [0.717, 1.165) is 17.4 Å². The maximum atomic E-state index is 6.30. The Morgan fingerprint density at radius 2 is 2.11 bits per heavy atom. The van der Waals surface area contributed by atoms with Gasteiger partial charge in [-0.25, -0.2) is 0 Å². The molecule has 0 radical (unpaired) electrons. The number of rotatable bonds is 4. The fraction of sp³-hybridized carbons (Fsp3) is 0.600. The molecule has 1 aliphatic rings. The van der Waals surface area contributed by atoms with Crippen LogP contribution in [0, 0.1) is 5.92 Å². The van der Waals surface area contributed by atoms with Crippen molar-refractivity contribution >= 4 is 23.2 Å². The van der Waals surface area contributed by atoms with Crippen molar-refractivity contribution in [3.05, 3.63) is 33.8 Å². The Labute approximate surface area is 120 Å². The smallest absolute Gasteiger partial charge is 0.0468 e. The van der Waals surface area contributed by atoms with Crippen molar-refractivity contribution in [3.63, 3.8) is 0 Å². The Kier molecular flexibility index (Phi) is 4.94. The molecule has 1 nitrogen and oxygen atoms in total. The zero-order valence-electron chi connectivity index (χ0n) is 11.0. The highest BCUT2D eigenvalue weighted by Gasteiger charge is 2.26. The van der Waals surface area contributed by atoms with Gasteiger partial charge in [-0.2, -0.15) is 0 Å². The standard InChI is InChI=1S/C15H21Cl2N/c1-3-14(18-15-6-4-5-10(15)2)12-8-7-11(16)9-13(12)17/h7-10,14-15,18H,3-6H2,1-2H3. The number of nitrogens with one attached hydrogen (secondary N) is 1. The van der Waals surface area contributed by atoms with E-state index >= 15 is 0 Å². The van der Waals surface area contributed by atoms with Gasteiger partial charge < -0.3 is 5.32 Å². The van der Waals surface area contributed by atoms with E-state index in [9.17, 15) is 0 Å². The summed E-state index contributed by atoms with van der Waals surface area (Å²) in [6.45, 7) is 4.53. The summed E-state index contributed by atoms with van der Waals surface area (Å²) in [4.78, 5) is 0. The fourth-order valence-corrected chi connectivity index (χ4v) is 3.40. The van der Waals surface area contributed by atoms with E-state index in [1.54, 1.807) is 0 Å². The van der Waals surface area contributed by atoms with Gasteiger partial charge in [0.15, 0.2) is 0 Å². The van der Waals surface area contributed by atoms with E-state index in [1.807, 2.05) is 18.2 Å². The van der Waals surface area contributed by atoms with Gasteiger partial charge in [-0.05, 0) is 42.9 Å². The van der Waals surface area contributed by atoms with E-state index < -0.39 is 0 Å². The van der Waals surface area contributed by atoms with Gasteiger partial charge in [0, 0.05) is 22.1 Å². The summed E-state index contributed by atoms with van der Waals surface area (Å²) in [5, 5.41) is 5.24. The third kappa shape index (κ3) is 3.20. The zero-order chi connectivity index (χ0) is 13.1. The van der Waals surface area contributed by atoms with Gasteiger partial charge in [0.25, 0.3) is 0 Å². The average molecular weight is 286 g/mol. The van der Waals surface area contributed by atoms with Gasteiger partial charge in [-0.3, -0.25) is 0 Å². The largest absolute Gasteiger partial charge is 0.307 e. The molecule has 0 aliphatic heterocycles. The molecule has 1 aliphatic carbocycles. The van der Waals surface area contributed by atoms with Gasteiger partial charge >= 0.3 is 0 Å². The highest BCUT2D eigenvalue weighted by molar-refractivity contribution is 6.35. The molecule has 0 saturated heterocycles. The number of hydrogen-bond acceptors (Lipinski definition) is 1. The lowest BCUT2D eigenvalue weighted by Gasteiger charge is -2.26. The van der Waals surface area contributed by atoms with Gasteiger partial charge in [-0.15, -0.1) is 0 Å². The van der Waals surface area contributed by atoms with Crippen molar-refractivity contribution in [1.82, 2.24) is 5.32 Å². The molecule has 0 amide bonds. The van der Waals surface area contributed by atoms with Crippen LogP contribution in [0.25, 0.3) is 0 Å². The minimum atomic E-state index is 0.334. The van der Waals surface area contributed by atoms with Crippen LogP contribution >= 0.6 is 23.2 Å². The fourth-order valence-electron chi connectivity index (χ4n) is 2.86. The number of hydrogen-bond donors (Lipinski definition) is 1. The first-order chi connectivity index (χ1) is 8.61. The Bertz CT molecular complexity index is 405. The Morgan fingerprint density at radius 1 is 1.33 bits per heavy atom. The summed E-state index contributed by atoms with van der Waals surface area (Å²) in [6.07, 6.45) is 5.00. The van der Waals surface area contributed by atoms with Crippen molar-refractivity contribution < 1.29 is 0 Å². The highest BCUT2D eigenvalue weighted by Crippen LogP contribution is 2.32. The topological polar surface area (TPSA) is 12.0 Å². The molecule has 3 unspecified atom stereocenters. The van der Waals surface area contributed by atoms with E-state index in [2.05, 4.69) is 19.2 Å². The van der Waals surface area contributed by atoms with Crippen LogP contribution in [0.15, 0.2) is 18.2 Å². The molecular weight excluding hydrogens is 265 g/mol. The third-order valence-electron chi connectivity index (χ3n) is 4.02. The van der Waals surface area contributed by atoms with Crippen molar-refractivity contribution in [1.29, 1.82) is 0 Å². The van der Waals surface area contributed by atoms with E-state index in [4.69, 9.17) is 23.2 Å². The second-order valence-corrected chi connectivity index (χ2v) is 6.15. The average Bonchev–Trinajstić information content (AvgIpc) is 2.73. The maximum Gasteiger partial charge on any atom is 0.0468 e. The molecule has 0 spiro atoms. The second kappa shape index (κ2) is 6.27. The Hall–Kier alpha value is -0.240. The van der Waals surface area contributed by atoms with Crippen molar-refractivity contribution in [2.45, 2.75) is 51.6 Å². The molecule has 3 heteroatoms. The van der Waals surface area contributed by atoms with Crippen molar-refractivity contribution in [2.24, 2.45) is 5.92 Å². The molecule has 1 aromatic rings. The first kappa shape index (κ1) is 14.2. The van der Waals surface area contributed by atoms with Gasteiger partial charge in [0.2, 0.25) is 0 Å². The predicted octanol–water partition coefficient (Wildman–Crippen LogP) is 5.22. The van der Waals surface area contributed by atoms with Crippen LogP contribution in [0.2, 0.25) is 10.0 Å². The second-order valence-electron chi connectivity index (χ2n) is 5.31. The molecule has 0 heterocycles. The van der Waals surface area contributed by atoms with Gasteiger partial charge in [0.05, 0.1) is 0 Å². The van der Waals surface area contributed by atoms with Crippen LogP contribution < -0.4 is 5.32 Å². The molecule has 2 rings (SSSR count). The van der Waals surface area contributed by atoms with Crippen LogP contribution in [0.4, 0.5) is 0 Å². The van der Waals surface area contributed by atoms with E-state index in [-0.39, 0.29) is 0 Å². The molecule has 3 atom stereocenters. The molecule has 18 heavy (non-hydrogen) atoms. The van der Waals surface area contributed by atoms with E-state index in [0.29, 0.717) is 17.1 Å². The summed E-state index contributed by atoms with van der Waals surface area (Å²) in [7, 11) is 0. The normalized spacial score (nSPS) is 25.3. The summed E-state index contributed by atoms with van der Waals surface area (Å²) < 4.78 is 0. The molecule has 1 saturated carbocycles. The quantitative estimate of drug-likeness (QED) is 0.799. The maximum absolute atomic E-state index is 6.30. The first-order valence-electron chi connectivity index (χ1n) is 6.82. The predicted molar refractivity (Wildman–Crippen MR) is 79.4 cm³/mol. The number of halogens is 2. The molecule has 1 fully saturated rings. The highest BCUT2D eigenvalue weighted by atomic mass is 35.5. The summed E-state index contributed by atoms with van der Waals surface area (Å²) in [5.74, 6) is 0.769. The summed E-state index contributed by atoms with van der Waals surface area (Å²) >= 11 is 12.3. The van der Waals surface area contributed by atoms with Crippen LogP contribution in [0.3, 0.4) is 0 Å². The molecule has 100 valence electrons. The van der Waals surface area contributed by atoms with Crippen LogP contribution in [-0.4, -0.2) is 6.04 Å². The van der Waals surface area contributed by atoms with Crippen LogP contribution in [0.1, 0.15) is 51.1 Å². The molecular formula is C15H21Cl2N. The first-order valence-corrected chi connectivity index (χ1v) is 7.58. The van der Waals surface area contributed by atoms with E-state index in [1.165, 1.54) is 24.8 Å². The minimum Gasteiger partial charge on any atom is -0.307 e. The number of benzene rings is 1. The van der Waals surface area contributed by atoms with Gasteiger partial charge in [0.1, 0.15) is 0 Å². The molecule has 0 bridgehead atoms. The molecule has 1 N–H and O–H groups in total. The zero-order valence-corrected chi connectivity index (χ0v) is 12.6. The third-order valence-corrected chi connectivity index (χ3v) is 4.59. The van der Waals surface area contributed by atoms with Crippen LogP contribution in [0.5, 0.6) is 0 Å². The molecule has 0 aromatic heterocycles.